The SMILES string of the molecule is Clc1ccc(-c2nc(-c3ccccc3)nc(-c3ccccc3)n2)c2ccccc12. The Labute approximate surface area is 173 Å². The van der Waals surface area contributed by atoms with Crippen LogP contribution in [-0.4, -0.2) is 15.0 Å². The fourth-order valence-corrected chi connectivity index (χ4v) is 3.61. The monoisotopic (exact) mass is 393 g/mol. The zero-order valence-electron chi connectivity index (χ0n) is 15.5. The molecule has 0 saturated carbocycles. The lowest BCUT2D eigenvalue weighted by Crippen LogP contribution is -2.00. The fraction of sp³-hybridized carbons (Fsp3) is 0. The third-order valence-electron chi connectivity index (χ3n) is 4.81. The Morgan fingerprint density at radius 3 is 1.52 bits per heavy atom. The van der Waals surface area contributed by atoms with Crippen LogP contribution >= 0.6 is 11.6 Å². The number of halogens is 1. The van der Waals surface area contributed by atoms with Crippen molar-refractivity contribution in [1.82, 2.24) is 15.0 Å². The molecule has 0 atom stereocenters. The largest absolute Gasteiger partial charge is 0.208 e. The molecule has 0 N–H and O–H groups in total. The van der Waals surface area contributed by atoms with E-state index in [1.165, 1.54) is 0 Å². The minimum absolute atomic E-state index is 0.630. The number of hydrogen-bond acceptors (Lipinski definition) is 3. The third-order valence-corrected chi connectivity index (χ3v) is 5.14. The van der Waals surface area contributed by atoms with Gasteiger partial charge in [0.05, 0.1) is 0 Å². The average molecular weight is 394 g/mol. The normalized spacial score (nSPS) is 10.9. The van der Waals surface area contributed by atoms with Gasteiger partial charge in [0.1, 0.15) is 0 Å². The van der Waals surface area contributed by atoms with Crippen molar-refractivity contribution in [3.63, 3.8) is 0 Å². The van der Waals surface area contributed by atoms with E-state index in [0.717, 1.165) is 27.5 Å². The molecule has 0 amide bonds. The van der Waals surface area contributed by atoms with Crippen LogP contribution in [0.3, 0.4) is 0 Å². The van der Waals surface area contributed by atoms with E-state index in [-0.39, 0.29) is 0 Å². The molecule has 1 aromatic heterocycles. The van der Waals surface area contributed by atoms with Crippen LogP contribution in [-0.2, 0) is 0 Å². The second-order valence-corrected chi connectivity index (χ2v) is 7.09. The van der Waals surface area contributed by atoms with E-state index >= 15 is 0 Å². The quantitative estimate of drug-likeness (QED) is 0.343. The van der Waals surface area contributed by atoms with Gasteiger partial charge in [-0.25, -0.2) is 15.0 Å². The van der Waals surface area contributed by atoms with Gasteiger partial charge in [0.15, 0.2) is 17.5 Å². The highest BCUT2D eigenvalue weighted by atomic mass is 35.5. The van der Waals surface area contributed by atoms with Gasteiger partial charge in [0.25, 0.3) is 0 Å². The molecule has 4 heteroatoms. The molecule has 29 heavy (non-hydrogen) atoms. The Morgan fingerprint density at radius 2 is 0.931 bits per heavy atom. The summed E-state index contributed by atoms with van der Waals surface area (Å²) >= 11 is 6.42. The highest BCUT2D eigenvalue weighted by molar-refractivity contribution is 6.36. The number of aromatic nitrogens is 3. The van der Waals surface area contributed by atoms with Crippen LogP contribution in [0.1, 0.15) is 0 Å². The van der Waals surface area contributed by atoms with E-state index in [0.29, 0.717) is 22.5 Å². The molecule has 0 fully saturated rings. The molecule has 0 aliphatic carbocycles. The van der Waals surface area contributed by atoms with E-state index in [2.05, 4.69) is 0 Å². The average Bonchev–Trinajstić information content (AvgIpc) is 2.80. The van der Waals surface area contributed by atoms with Gasteiger partial charge in [-0.2, -0.15) is 0 Å². The summed E-state index contributed by atoms with van der Waals surface area (Å²) in [5.74, 6) is 1.92. The molecule has 0 radical (unpaired) electrons. The molecule has 5 aromatic rings. The first-order chi connectivity index (χ1) is 14.3. The van der Waals surface area contributed by atoms with Crippen LogP contribution in [0.5, 0.6) is 0 Å². The van der Waals surface area contributed by atoms with Gasteiger partial charge in [-0.3, -0.25) is 0 Å². The van der Waals surface area contributed by atoms with E-state index in [9.17, 15) is 0 Å². The predicted molar refractivity (Wildman–Crippen MR) is 119 cm³/mol. The maximum absolute atomic E-state index is 6.42. The standard InChI is InChI=1S/C25H16ClN3/c26-22-16-15-21(19-13-7-8-14-20(19)22)25-28-23(17-9-3-1-4-10-17)27-24(29-25)18-11-5-2-6-12-18/h1-16H. The summed E-state index contributed by atoms with van der Waals surface area (Å²) in [6.45, 7) is 0. The second-order valence-electron chi connectivity index (χ2n) is 6.68. The minimum atomic E-state index is 0.630. The Balaban J connectivity index is 1.79. The van der Waals surface area contributed by atoms with Crippen LogP contribution in [0, 0.1) is 0 Å². The molecule has 1 heterocycles. The van der Waals surface area contributed by atoms with Crippen LogP contribution < -0.4 is 0 Å². The summed E-state index contributed by atoms with van der Waals surface area (Å²) in [6, 6.07) is 31.8. The summed E-state index contributed by atoms with van der Waals surface area (Å²) < 4.78 is 0. The van der Waals surface area contributed by atoms with E-state index in [1.807, 2.05) is 97.1 Å². The first-order valence-electron chi connectivity index (χ1n) is 9.34. The lowest BCUT2D eigenvalue weighted by atomic mass is 10.0. The van der Waals surface area contributed by atoms with Gasteiger partial charge in [-0.05, 0) is 17.5 Å². The molecular weight excluding hydrogens is 378 g/mol. The molecule has 0 bridgehead atoms. The Bertz CT molecular complexity index is 1240. The predicted octanol–water partition coefficient (Wildman–Crippen LogP) is 6.68. The summed E-state index contributed by atoms with van der Waals surface area (Å²) in [5, 5.41) is 2.71. The molecule has 0 saturated heterocycles. The van der Waals surface area contributed by atoms with Gasteiger partial charge < -0.3 is 0 Å². The summed E-state index contributed by atoms with van der Waals surface area (Å²) in [7, 11) is 0. The molecule has 5 rings (SSSR count). The van der Waals surface area contributed by atoms with Gasteiger partial charge in [-0.1, -0.05) is 96.5 Å². The minimum Gasteiger partial charge on any atom is -0.208 e. The maximum atomic E-state index is 6.42. The highest BCUT2D eigenvalue weighted by Gasteiger charge is 2.14. The van der Waals surface area contributed by atoms with Crippen molar-refractivity contribution < 1.29 is 0 Å². The lowest BCUT2D eigenvalue weighted by Gasteiger charge is -2.11. The van der Waals surface area contributed by atoms with Crippen molar-refractivity contribution in [2.75, 3.05) is 0 Å². The molecular formula is C25H16ClN3. The van der Waals surface area contributed by atoms with Gasteiger partial charge in [-0.15, -0.1) is 0 Å². The smallest absolute Gasteiger partial charge is 0.164 e. The number of rotatable bonds is 3. The van der Waals surface area contributed by atoms with Crippen molar-refractivity contribution >= 4 is 22.4 Å². The zero-order chi connectivity index (χ0) is 19.6. The van der Waals surface area contributed by atoms with Gasteiger partial charge >= 0.3 is 0 Å². The Morgan fingerprint density at radius 1 is 0.448 bits per heavy atom. The first kappa shape index (κ1) is 17.5. The van der Waals surface area contributed by atoms with Crippen molar-refractivity contribution in [2.24, 2.45) is 0 Å². The van der Waals surface area contributed by atoms with Crippen LogP contribution in [0.2, 0.25) is 5.02 Å². The van der Waals surface area contributed by atoms with Crippen molar-refractivity contribution in [3.05, 3.63) is 102 Å². The summed E-state index contributed by atoms with van der Waals surface area (Å²) in [5.41, 5.74) is 2.83. The Hall–Kier alpha value is -3.56. The number of hydrogen-bond donors (Lipinski definition) is 0. The zero-order valence-corrected chi connectivity index (χ0v) is 16.2. The Kier molecular flexibility index (Phi) is 4.51. The maximum Gasteiger partial charge on any atom is 0.164 e. The van der Waals surface area contributed by atoms with E-state index in [1.54, 1.807) is 0 Å². The highest BCUT2D eigenvalue weighted by Crippen LogP contribution is 2.33. The third kappa shape index (κ3) is 3.37. The van der Waals surface area contributed by atoms with Crippen LogP contribution in [0.4, 0.5) is 0 Å². The summed E-state index contributed by atoms with van der Waals surface area (Å²) in [6.07, 6.45) is 0. The molecule has 0 aliphatic rings. The topological polar surface area (TPSA) is 38.7 Å². The van der Waals surface area contributed by atoms with Crippen LogP contribution in [0.25, 0.3) is 44.9 Å². The molecule has 0 spiro atoms. The van der Waals surface area contributed by atoms with Gasteiger partial charge in [0, 0.05) is 27.1 Å². The van der Waals surface area contributed by atoms with Crippen molar-refractivity contribution in [3.8, 4) is 34.2 Å². The van der Waals surface area contributed by atoms with E-state index < -0.39 is 0 Å². The summed E-state index contributed by atoms with van der Waals surface area (Å²) in [4.78, 5) is 14.4. The van der Waals surface area contributed by atoms with Gasteiger partial charge in [0.2, 0.25) is 0 Å². The van der Waals surface area contributed by atoms with Crippen LogP contribution in [0.15, 0.2) is 97.1 Å². The van der Waals surface area contributed by atoms with Crippen molar-refractivity contribution in [2.45, 2.75) is 0 Å². The molecule has 4 aromatic carbocycles. The molecule has 3 nitrogen and oxygen atoms in total. The number of benzene rings is 4. The first-order valence-corrected chi connectivity index (χ1v) is 9.72. The molecule has 0 aliphatic heterocycles. The number of nitrogens with zero attached hydrogens (tertiary/aromatic N) is 3. The molecule has 138 valence electrons. The number of fused-ring (bicyclic) bond motifs is 1. The lowest BCUT2D eigenvalue weighted by molar-refractivity contribution is 1.08. The van der Waals surface area contributed by atoms with Crippen molar-refractivity contribution in [1.29, 1.82) is 0 Å². The second kappa shape index (κ2) is 7.46. The molecule has 0 unspecified atom stereocenters. The van der Waals surface area contributed by atoms with E-state index in [4.69, 9.17) is 26.6 Å². The fourth-order valence-electron chi connectivity index (χ4n) is 3.39.